The van der Waals surface area contributed by atoms with Gasteiger partial charge in [0, 0.05) is 30.2 Å². The first-order valence-electron chi connectivity index (χ1n) is 11.8. The lowest BCUT2D eigenvalue weighted by Crippen LogP contribution is -2.51. The summed E-state index contributed by atoms with van der Waals surface area (Å²) in [6.07, 6.45) is 3.72. The molecule has 4 heterocycles. The van der Waals surface area contributed by atoms with Gasteiger partial charge in [0.1, 0.15) is 17.3 Å². The molecule has 1 aromatic carbocycles. The molecule has 5 rings (SSSR count). The van der Waals surface area contributed by atoms with Gasteiger partial charge in [0.05, 0.1) is 17.1 Å². The van der Waals surface area contributed by atoms with Gasteiger partial charge >= 0.3 is 0 Å². The summed E-state index contributed by atoms with van der Waals surface area (Å²) in [5.41, 5.74) is 3.12. The average Bonchev–Trinajstić information content (AvgIpc) is 3.36. The Kier molecular flexibility index (Phi) is 6.32. The summed E-state index contributed by atoms with van der Waals surface area (Å²) >= 11 is 1.52. The van der Waals surface area contributed by atoms with Crippen LogP contribution in [-0.2, 0) is 9.59 Å². The molecule has 0 radical (unpaired) electrons. The Labute approximate surface area is 203 Å². The minimum Gasteiger partial charge on any atom is -0.478 e. The molecule has 7 nitrogen and oxygen atoms in total. The number of hydrogen-bond donors (Lipinski definition) is 0. The summed E-state index contributed by atoms with van der Waals surface area (Å²) in [5.74, 6) is 1.07. The van der Waals surface area contributed by atoms with Gasteiger partial charge in [0.15, 0.2) is 6.10 Å². The van der Waals surface area contributed by atoms with E-state index >= 15 is 0 Å². The Bertz CT molecular complexity index is 1190. The van der Waals surface area contributed by atoms with Crippen molar-refractivity contribution in [2.45, 2.75) is 39.2 Å². The zero-order chi connectivity index (χ0) is 23.7. The Morgan fingerprint density at radius 2 is 2.00 bits per heavy atom. The van der Waals surface area contributed by atoms with Gasteiger partial charge in [-0.3, -0.25) is 19.5 Å². The number of fused-ring (bicyclic) bond motifs is 1. The number of amides is 2. The normalized spacial score (nSPS) is 18.5. The maximum Gasteiger partial charge on any atom is 0.268 e. The Balaban J connectivity index is 1.44. The van der Waals surface area contributed by atoms with Crippen molar-refractivity contribution in [2.75, 3.05) is 24.5 Å². The summed E-state index contributed by atoms with van der Waals surface area (Å²) < 4.78 is 5.99. The fourth-order valence-corrected chi connectivity index (χ4v) is 5.22. The highest BCUT2D eigenvalue weighted by atomic mass is 32.1. The number of rotatable bonds is 5. The van der Waals surface area contributed by atoms with E-state index in [2.05, 4.69) is 11.9 Å². The van der Waals surface area contributed by atoms with Crippen molar-refractivity contribution in [3.63, 3.8) is 0 Å². The van der Waals surface area contributed by atoms with E-state index in [0.29, 0.717) is 23.8 Å². The molecule has 34 heavy (non-hydrogen) atoms. The van der Waals surface area contributed by atoms with Gasteiger partial charge < -0.3 is 9.64 Å². The number of likely N-dealkylation sites (tertiary alicyclic amines) is 1. The zero-order valence-corrected chi connectivity index (χ0v) is 20.3. The van der Waals surface area contributed by atoms with Crippen molar-refractivity contribution in [1.29, 1.82) is 0 Å². The predicted molar refractivity (Wildman–Crippen MR) is 133 cm³/mol. The van der Waals surface area contributed by atoms with Crippen molar-refractivity contribution in [3.8, 4) is 27.7 Å². The molecule has 176 valence electrons. The van der Waals surface area contributed by atoms with E-state index in [1.807, 2.05) is 53.6 Å². The number of hydrogen-bond acceptors (Lipinski definition) is 6. The van der Waals surface area contributed by atoms with Crippen LogP contribution < -0.4 is 9.64 Å². The third kappa shape index (κ3) is 4.42. The lowest BCUT2D eigenvalue weighted by atomic mass is 9.99. The number of pyridine rings is 1. The highest BCUT2D eigenvalue weighted by Gasteiger charge is 2.36. The third-order valence-electron chi connectivity index (χ3n) is 6.54. The van der Waals surface area contributed by atoms with Gasteiger partial charge in [-0.05, 0) is 55.5 Å². The number of nitrogens with zero attached hydrogens (tertiary/aromatic N) is 4. The molecule has 1 unspecified atom stereocenters. The molecule has 2 aromatic heterocycles. The van der Waals surface area contributed by atoms with Crippen molar-refractivity contribution >= 4 is 28.8 Å². The first kappa shape index (κ1) is 22.5. The predicted octanol–water partition coefficient (Wildman–Crippen LogP) is 4.63. The molecule has 2 aliphatic rings. The summed E-state index contributed by atoms with van der Waals surface area (Å²) in [4.78, 5) is 39.0. The van der Waals surface area contributed by atoms with E-state index in [1.54, 1.807) is 11.1 Å². The average molecular weight is 477 g/mol. The summed E-state index contributed by atoms with van der Waals surface area (Å²) in [6, 6.07) is 11.5. The van der Waals surface area contributed by atoms with Crippen molar-refractivity contribution in [3.05, 3.63) is 48.0 Å². The van der Waals surface area contributed by atoms with E-state index in [9.17, 15) is 9.59 Å². The van der Waals surface area contributed by atoms with E-state index in [-0.39, 0.29) is 18.4 Å². The van der Waals surface area contributed by atoms with Crippen molar-refractivity contribution < 1.29 is 14.3 Å². The number of carbonyl (C=O) groups excluding carboxylic acids is 2. The van der Waals surface area contributed by atoms with Gasteiger partial charge in [-0.1, -0.05) is 19.9 Å². The van der Waals surface area contributed by atoms with Gasteiger partial charge in [-0.15, -0.1) is 11.3 Å². The standard InChI is InChI=1S/C26H28N4O3S/c1-3-22-26(32)30(15-24(31)29-12-9-17(2)10-13-29)21-14-18(7-8-23(21)33-22)20-16-34-25(28-20)19-6-4-5-11-27-19/h4-8,11,14,16-17,22H,3,9-10,12-13,15H2,1-2H3. The van der Waals surface area contributed by atoms with Gasteiger partial charge in [-0.25, -0.2) is 4.98 Å². The molecule has 8 heteroatoms. The first-order chi connectivity index (χ1) is 16.5. The minimum atomic E-state index is -0.581. The van der Waals surface area contributed by atoms with Crippen LogP contribution in [0.25, 0.3) is 22.0 Å². The van der Waals surface area contributed by atoms with Crippen LogP contribution in [0.15, 0.2) is 48.0 Å². The van der Waals surface area contributed by atoms with Crippen LogP contribution in [0.1, 0.15) is 33.1 Å². The lowest BCUT2D eigenvalue weighted by Gasteiger charge is -2.36. The second-order valence-electron chi connectivity index (χ2n) is 8.94. The molecular weight excluding hydrogens is 448 g/mol. The molecule has 2 amide bonds. The number of anilines is 1. The number of aromatic nitrogens is 2. The van der Waals surface area contributed by atoms with Gasteiger partial charge in [0.25, 0.3) is 5.91 Å². The molecule has 0 spiro atoms. The second-order valence-corrected chi connectivity index (χ2v) is 9.80. The number of ether oxygens (including phenoxy) is 1. The number of benzene rings is 1. The molecule has 0 bridgehead atoms. The topological polar surface area (TPSA) is 75.6 Å². The van der Waals surface area contributed by atoms with E-state index in [0.717, 1.165) is 47.9 Å². The zero-order valence-electron chi connectivity index (χ0n) is 19.4. The monoisotopic (exact) mass is 476 g/mol. The SMILES string of the molecule is CCC1Oc2ccc(-c3csc(-c4ccccn4)n3)cc2N(CC(=O)N2CCC(C)CC2)C1=O. The number of carbonyl (C=O) groups is 2. The largest absolute Gasteiger partial charge is 0.478 e. The molecular formula is C26H28N4O3S. The highest BCUT2D eigenvalue weighted by molar-refractivity contribution is 7.13. The van der Waals surface area contributed by atoms with Crippen LogP contribution in [-0.4, -0.2) is 52.4 Å². The van der Waals surface area contributed by atoms with Crippen molar-refractivity contribution in [1.82, 2.24) is 14.9 Å². The maximum absolute atomic E-state index is 13.2. The third-order valence-corrected chi connectivity index (χ3v) is 7.41. The summed E-state index contributed by atoms with van der Waals surface area (Å²) in [5, 5.41) is 2.81. The van der Waals surface area contributed by atoms with Crippen LogP contribution in [0, 0.1) is 5.92 Å². The molecule has 1 atom stereocenters. The van der Waals surface area contributed by atoms with Crippen LogP contribution in [0.5, 0.6) is 5.75 Å². The van der Waals surface area contributed by atoms with Crippen molar-refractivity contribution in [2.24, 2.45) is 5.92 Å². The smallest absolute Gasteiger partial charge is 0.268 e. The van der Waals surface area contributed by atoms with Crippen LogP contribution >= 0.6 is 11.3 Å². The molecule has 0 saturated carbocycles. The molecule has 0 N–H and O–H groups in total. The fourth-order valence-electron chi connectivity index (χ4n) is 4.41. The van der Waals surface area contributed by atoms with Crippen LogP contribution in [0.4, 0.5) is 5.69 Å². The molecule has 1 fully saturated rings. The Morgan fingerprint density at radius 1 is 1.18 bits per heavy atom. The van der Waals surface area contributed by atoms with E-state index in [1.165, 1.54) is 11.3 Å². The van der Waals surface area contributed by atoms with E-state index < -0.39 is 6.10 Å². The number of piperidine rings is 1. The molecule has 2 aliphatic heterocycles. The Hall–Kier alpha value is -3.26. The highest BCUT2D eigenvalue weighted by Crippen LogP contribution is 2.39. The van der Waals surface area contributed by atoms with Gasteiger partial charge in [-0.2, -0.15) is 0 Å². The molecule has 1 saturated heterocycles. The quantitative estimate of drug-likeness (QED) is 0.537. The molecule has 3 aromatic rings. The van der Waals surface area contributed by atoms with Crippen LogP contribution in [0.3, 0.4) is 0 Å². The number of thiazole rings is 1. The van der Waals surface area contributed by atoms with Crippen LogP contribution in [0.2, 0.25) is 0 Å². The maximum atomic E-state index is 13.2. The fraction of sp³-hybridized carbons (Fsp3) is 0.385. The minimum absolute atomic E-state index is 0.0144. The summed E-state index contributed by atoms with van der Waals surface area (Å²) in [6.45, 7) is 5.66. The molecule has 0 aliphatic carbocycles. The van der Waals surface area contributed by atoms with E-state index in [4.69, 9.17) is 9.72 Å². The summed E-state index contributed by atoms with van der Waals surface area (Å²) in [7, 11) is 0. The second kappa shape index (κ2) is 9.54. The Morgan fingerprint density at radius 3 is 2.74 bits per heavy atom. The van der Waals surface area contributed by atoms with Gasteiger partial charge in [0.2, 0.25) is 5.91 Å². The lowest BCUT2D eigenvalue weighted by molar-refractivity contribution is -0.134. The first-order valence-corrected chi connectivity index (χ1v) is 12.7.